The summed E-state index contributed by atoms with van der Waals surface area (Å²) >= 11 is 0. The fraction of sp³-hybridized carbons (Fsp3) is 0.0909. The fourth-order valence-corrected chi connectivity index (χ4v) is 1.15. The van der Waals surface area contributed by atoms with Crippen molar-refractivity contribution in [2.45, 2.75) is 6.61 Å². The SMILES string of the molecule is Nc1cccnc1OCc1ccccn1. The fourth-order valence-electron chi connectivity index (χ4n) is 1.15. The molecule has 0 unspecified atom stereocenters. The molecular weight excluding hydrogens is 190 g/mol. The number of rotatable bonds is 3. The maximum Gasteiger partial charge on any atom is 0.237 e. The minimum absolute atomic E-state index is 0.377. The third kappa shape index (κ3) is 2.43. The number of nitrogen functional groups attached to an aromatic ring is 1. The Kier molecular flexibility index (Phi) is 2.78. The van der Waals surface area contributed by atoms with E-state index in [9.17, 15) is 0 Å². The molecule has 0 aromatic carbocycles. The summed E-state index contributed by atoms with van der Waals surface area (Å²) in [5.74, 6) is 0.447. The zero-order chi connectivity index (χ0) is 10.5. The number of aromatic nitrogens is 2. The van der Waals surface area contributed by atoms with E-state index in [-0.39, 0.29) is 0 Å². The lowest BCUT2D eigenvalue weighted by atomic mass is 10.4. The van der Waals surface area contributed by atoms with Gasteiger partial charge in [0.1, 0.15) is 6.61 Å². The van der Waals surface area contributed by atoms with Crippen molar-refractivity contribution in [2.24, 2.45) is 0 Å². The summed E-state index contributed by atoms with van der Waals surface area (Å²) in [5, 5.41) is 0. The van der Waals surface area contributed by atoms with Gasteiger partial charge in [-0.05, 0) is 24.3 Å². The van der Waals surface area contributed by atoms with Crippen LogP contribution >= 0.6 is 0 Å². The number of hydrogen-bond donors (Lipinski definition) is 1. The zero-order valence-corrected chi connectivity index (χ0v) is 8.13. The van der Waals surface area contributed by atoms with Crippen molar-refractivity contribution >= 4 is 5.69 Å². The molecule has 0 atom stereocenters. The molecule has 0 spiro atoms. The monoisotopic (exact) mass is 201 g/mol. The molecule has 2 aromatic rings. The van der Waals surface area contributed by atoms with Crippen molar-refractivity contribution < 1.29 is 4.74 Å². The van der Waals surface area contributed by atoms with Gasteiger partial charge in [-0.1, -0.05) is 6.07 Å². The minimum atomic E-state index is 0.377. The van der Waals surface area contributed by atoms with Crippen LogP contribution < -0.4 is 10.5 Å². The number of pyridine rings is 2. The van der Waals surface area contributed by atoms with E-state index in [0.717, 1.165) is 5.69 Å². The quantitative estimate of drug-likeness (QED) is 0.820. The Labute approximate surface area is 87.7 Å². The van der Waals surface area contributed by atoms with Gasteiger partial charge in [-0.3, -0.25) is 4.98 Å². The minimum Gasteiger partial charge on any atom is -0.470 e. The van der Waals surface area contributed by atoms with Crippen molar-refractivity contribution in [1.82, 2.24) is 9.97 Å². The van der Waals surface area contributed by atoms with Crippen LogP contribution in [0.4, 0.5) is 5.69 Å². The number of hydrogen-bond acceptors (Lipinski definition) is 4. The second-order valence-electron chi connectivity index (χ2n) is 3.01. The Bertz CT molecular complexity index is 431. The Morgan fingerprint density at radius 1 is 1.07 bits per heavy atom. The first-order chi connectivity index (χ1) is 7.36. The molecule has 0 aliphatic heterocycles. The first kappa shape index (κ1) is 9.45. The molecule has 4 heteroatoms. The molecule has 0 saturated heterocycles. The first-order valence-corrected chi connectivity index (χ1v) is 4.59. The summed E-state index contributed by atoms with van der Waals surface area (Å²) in [7, 11) is 0. The maximum atomic E-state index is 5.68. The second-order valence-corrected chi connectivity index (χ2v) is 3.01. The van der Waals surface area contributed by atoms with Crippen LogP contribution in [0.1, 0.15) is 5.69 Å². The lowest BCUT2D eigenvalue weighted by Gasteiger charge is -2.06. The Hall–Kier alpha value is -2.10. The molecule has 2 N–H and O–H groups in total. The standard InChI is InChI=1S/C11H11N3O/c12-10-5-3-7-14-11(10)15-8-9-4-1-2-6-13-9/h1-7H,8,12H2. The van der Waals surface area contributed by atoms with E-state index in [1.54, 1.807) is 24.5 Å². The Morgan fingerprint density at radius 3 is 2.67 bits per heavy atom. The summed E-state index contributed by atoms with van der Waals surface area (Å²) in [4.78, 5) is 8.15. The summed E-state index contributed by atoms with van der Waals surface area (Å²) in [6.45, 7) is 0.377. The molecule has 0 bridgehead atoms. The van der Waals surface area contributed by atoms with E-state index in [1.165, 1.54) is 0 Å². The van der Waals surface area contributed by atoms with Gasteiger partial charge in [-0.2, -0.15) is 0 Å². The van der Waals surface area contributed by atoms with Gasteiger partial charge in [0.15, 0.2) is 0 Å². The molecule has 2 heterocycles. The van der Waals surface area contributed by atoms with Crippen molar-refractivity contribution in [3.63, 3.8) is 0 Å². The third-order valence-corrected chi connectivity index (χ3v) is 1.88. The number of ether oxygens (including phenoxy) is 1. The smallest absolute Gasteiger partial charge is 0.237 e. The summed E-state index contributed by atoms with van der Waals surface area (Å²) in [6, 6.07) is 9.18. The Morgan fingerprint density at radius 2 is 1.93 bits per heavy atom. The molecule has 0 amide bonds. The molecule has 0 aliphatic carbocycles. The third-order valence-electron chi connectivity index (χ3n) is 1.88. The van der Waals surface area contributed by atoms with E-state index in [0.29, 0.717) is 18.2 Å². The van der Waals surface area contributed by atoms with Gasteiger partial charge in [0.2, 0.25) is 5.88 Å². The molecule has 0 radical (unpaired) electrons. The highest BCUT2D eigenvalue weighted by atomic mass is 16.5. The van der Waals surface area contributed by atoms with Crippen LogP contribution in [0.25, 0.3) is 0 Å². The van der Waals surface area contributed by atoms with E-state index in [2.05, 4.69) is 9.97 Å². The van der Waals surface area contributed by atoms with Gasteiger partial charge >= 0.3 is 0 Å². The average molecular weight is 201 g/mol. The highest BCUT2D eigenvalue weighted by molar-refractivity contribution is 5.46. The molecule has 0 fully saturated rings. The van der Waals surface area contributed by atoms with Gasteiger partial charge in [-0.25, -0.2) is 4.98 Å². The summed E-state index contributed by atoms with van der Waals surface area (Å²) in [6.07, 6.45) is 3.37. The Balaban J connectivity index is 2.03. The molecular formula is C11H11N3O. The van der Waals surface area contributed by atoms with Gasteiger partial charge in [0.25, 0.3) is 0 Å². The molecule has 4 nitrogen and oxygen atoms in total. The van der Waals surface area contributed by atoms with E-state index < -0.39 is 0 Å². The lowest BCUT2D eigenvalue weighted by Crippen LogP contribution is -2.01. The topological polar surface area (TPSA) is 61.0 Å². The van der Waals surface area contributed by atoms with Crippen LogP contribution in [0.5, 0.6) is 5.88 Å². The van der Waals surface area contributed by atoms with E-state index >= 15 is 0 Å². The number of nitrogens with two attached hydrogens (primary N) is 1. The van der Waals surface area contributed by atoms with Crippen LogP contribution in [-0.2, 0) is 6.61 Å². The lowest BCUT2D eigenvalue weighted by molar-refractivity contribution is 0.291. The molecule has 0 saturated carbocycles. The maximum absolute atomic E-state index is 5.68. The van der Waals surface area contributed by atoms with Gasteiger partial charge in [0.05, 0.1) is 11.4 Å². The number of anilines is 1. The van der Waals surface area contributed by atoms with Crippen molar-refractivity contribution in [3.05, 3.63) is 48.4 Å². The van der Waals surface area contributed by atoms with Crippen LogP contribution in [0, 0.1) is 0 Å². The van der Waals surface area contributed by atoms with Gasteiger partial charge in [0, 0.05) is 12.4 Å². The van der Waals surface area contributed by atoms with E-state index in [4.69, 9.17) is 10.5 Å². The normalized spacial score (nSPS) is 9.87. The van der Waals surface area contributed by atoms with E-state index in [1.807, 2.05) is 18.2 Å². The van der Waals surface area contributed by atoms with Crippen molar-refractivity contribution in [3.8, 4) is 5.88 Å². The summed E-state index contributed by atoms with van der Waals surface area (Å²) < 4.78 is 5.42. The van der Waals surface area contributed by atoms with Crippen molar-refractivity contribution in [1.29, 1.82) is 0 Å². The molecule has 76 valence electrons. The molecule has 2 aromatic heterocycles. The first-order valence-electron chi connectivity index (χ1n) is 4.59. The molecule has 2 rings (SSSR count). The van der Waals surface area contributed by atoms with Crippen LogP contribution in [0.3, 0.4) is 0 Å². The molecule has 0 aliphatic rings. The van der Waals surface area contributed by atoms with Crippen LogP contribution in [0.2, 0.25) is 0 Å². The largest absolute Gasteiger partial charge is 0.470 e. The second kappa shape index (κ2) is 4.41. The average Bonchev–Trinajstić information content (AvgIpc) is 2.29. The predicted molar refractivity (Wildman–Crippen MR) is 57.2 cm³/mol. The highest BCUT2D eigenvalue weighted by Crippen LogP contribution is 2.16. The van der Waals surface area contributed by atoms with Crippen LogP contribution in [0.15, 0.2) is 42.7 Å². The van der Waals surface area contributed by atoms with Crippen molar-refractivity contribution in [2.75, 3.05) is 5.73 Å². The zero-order valence-electron chi connectivity index (χ0n) is 8.13. The predicted octanol–water partition coefficient (Wildman–Crippen LogP) is 1.64. The summed E-state index contributed by atoms with van der Waals surface area (Å²) in [5.41, 5.74) is 7.06. The van der Waals surface area contributed by atoms with Crippen LogP contribution in [-0.4, -0.2) is 9.97 Å². The highest BCUT2D eigenvalue weighted by Gasteiger charge is 2.00. The molecule has 15 heavy (non-hydrogen) atoms. The van der Waals surface area contributed by atoms with Gasteiger partial charge in [-0.15, -0.1) is 0 Å². The number of nitrogens with zero attached hydrogens (tertiary/aromatic N) is 2. The van der Waals surface area contributed by atoms with Gasteiger partial charge < -0.3 is 10.5 Å².